The number of carbonyl (C=O) groups excluding carboxylic acids is 1. The summed E-state index contributed by atoms with van der Waals surface area (Å²) in [5.41, 5.74) is 6.82. The van der Waals surface area contributed by atoms with Gasteiger partial charge < -0.3 is 0 Å². The molecule has 3 nitrogen and oxygen atoms in total. The number of hydrogen-bond acceptors (Lipinski definition) is 2. The maximum Gasteiger partial charge on any atom is 0.265 e. The molecule has 0 spiro atoms. The minimum atomic E-state index is -0.0762. The molecule has 1 amide bonds. The van der Waals surface area contributed by atoms with Gasteiger partial charge in [-0.05, 0) is 36.8 Å². The van der Waals surface area contributed by atoms with Gasteiger partial charge in [-0.15, -0.1) is 6.58 Å². The molecular formula is C18H26N2O. The molecule has 0 aliphatic heterocycles. The van der Waals surface area contributed by atoms with Crippen LogP contribution in [-0.4, -0.2) is 11.9 Å². The first-order chi connectivity index (χ1) is 10.2. The molecule has 0 bridgehead atoms. The minimum Gasteiger partial charge on any atom is -0.287 e. The Hall–Kier alpha value is -1.61. The van der Waals surface area contributed by atoms with Crippen molar-refractivity contribution in [2.75, 3.05) is 0 Å². The van der Waals surface area contributed by atoms with Crippen LogP contribution in [0, 0.1) is 11.8 Å². The van der Waals surface area contributed by atoms with Gasteiger partial charge in [0.15, 0.2) is 0 Å². The zero-order valence-corrected chi connectivity index (χ0v) is 12.8. The summed E-state index contributed by atoms with van der Waals surface area (Å²) in [6.07, 6.45) is 8.36. The fourth-order valence-corrected chi connectivity index (χ4v) is 3.13. The van der Waals surface area contributed by atoms with E-state index in [0.717, 1.165) is 0 Å². The van der Waals surface area contributed by atoms with Crippen LogP contribution in [0.2, 0.25) is 0 Å². The average molecular weight is 286 g/mol. The summed E-state index contributed by atoms with van der Waals surface area (Å²) in [7, 11) is 0. The fourth-order valence-electron chi connectivity index (χ4n) is 3.13. The third-order valence-electron chi connectivity index (χ3n) is 4.48. The summed E-state index contributed by atoms with van der Waals surface area (Å²) in [4.78, 5) is 12.1. The first-order valence-corrected chi connectivity index (χ1v) is 7.96. The number of nitrogens with one attached hydrogen (secondary N) is 2. The smallest absolute Gasteiger partial charge is 0.265 e. The van der Waals surface area contributed by atoms with Gasteiger partial charge in [-0.3, -0.25) is 10.2 Å². The predicted octanol–water partition coefficient (Wildman–Crippen LogP) is 3.69. The van der Waals surface area contributed by atoms with Crippen molar-refractivity contribution in [2.45, 2.75) is 45.1 Å². The molecule has 0 radical (unpaired) electrons. The van der Waals surface area contributed by atoms with Gasteiger partial charge in [0, 0.05) is 11.6 Å². The highest BCUT2D eigenvalue weighted by Gasteiger charge is 2.27. The lowest BCUT2D eigenvalue weighted by atomic mass is 9.79. The highest BCUT2D eigenvalue weighted by molar-refractivity contribution is 5.93. The molecule has 21 heavy (non-hydrogen) atoms. The van der Waals surface area contributed by atoms with Crippen molar-refractivity contribution in [1.29, 1.82) is 0 Å². The second-order valence-electron chi connectivity index (χ2n) is 5.98. The summed E-state index contributed by atoms with van der Waals surface area (Å²) in [6.45, 7) is 6.07. The van der Waals surface area contributed by atoms with Gasteiger partial charge in [-0.2, -0.15) is 0 Å². The normalized spacial score (nSPS) is 18.7. The molecule has 0 saturated heterocycles. The van der Waals surface area contributed by atoms with Crippen LogP contribution in [0.3, 0.4) is 0 Å². The van der Waals surface area contributed by atoms with Gasteiger partial charge in [-0.25, -0.2) is 5.43 Å². The summed E-state index contributed by atoms with van der Waals surface area (Å²) in [5, 5.41) is 0. The molecule has 1 aromatic rings. The predicted molar refractivity (Wildman–Crippen MR) is 86.8 cm³/mol. The zero-order chi connectivity index (χ0) is 15.1. The van der Waals surface area contributed by atoms with E-state index in [1.807, 2.05) is 36.4 Å². The number of hydrazine groups is 1. The summed E-state index contributed by atoms with van der Waals surface area (Å²) < 4.78 is 0. The summed E-state index contributed by atoms with van der Waals surface area (Å²) in [6, 6.07) is 9.57. The van der Waals surface area contributed by atoms with E-state index in [0.29, 0.717) is 17.4 Å². The van der Waals surface area contributed by atoms with Crippen molar-refractivity contribution < 1.29 is 4.79 Å². The fraction of sp³-hybridized carbons (Fsp3) is 0.500. The van der Waals surface area contributed by atoms with Crippen molar-refractivity contribution in [2.24, 2.45) is 11.8 Å². The van der Waals surface area contributed by atoms with E-state index in [2.05, 4.69) is 24.4 Å². The van der Waals surface area contributed by atoms with Crippen LogP contribution in [0.5, 0.6) is 0 Å². The molecule has 2 atom stereocenters. The van der Waals surface area contributed by atoms with E-state index < -0.39 is 0 Å². The average Bonchev–Trinajstić information content (AvgIpc) is 2.56. The molecule has 1 aromatic carbocycles. The van der Waals surface area contributed by atoms with Gasteiger partial charge >= 0.3 is 0 Å². The van der Waals surface area contributed by atoms with E-state index >= 15 is 0 Å². The second-order valence-corrected chi connectivity index (χ2v) is 5.98. The molecule has 2 unspecified atom stereocenters. The molecular weight excluding hydrogens is 260 g/mol. The maximum absolute atomic E-state index is 12.1. The van der Waals surface area contributed by atoms with Gasteiger partial charge in [-0.1, -0.05) is 50.5 Å². The number of benzene rings is 1. The minimum absolute atomic E-state index is 0.0762. The van der Waals surface area contributed by atoms with Crippen LogP contribution < -0.4 is 10.9 Å². The molecule has 2 N–H and O–H groups in total. The van der Waals surface area contributed by atoms with E-state index in [4.69, 9.17) is 0 Å². The van der Waals surface area contributed by atoms with Crippen molar-refractivity contribution in [3.8, 4) is 0 Å². The standard InChI is InChI=1S/C18H26N2O/c1-3-14(2)17(15-10-6-4-7-11-15)19-20-18(21)16-12-8-5-9-13-16/h3,5,8-9,12-15,17,19H,1,4,6-7,10-11H2,2H3,(H,20,21). The van der Waals surface area contributed by atoms with Crippen LogP contribution in [0.25, 0.3) is 0 Å². The molecule has 114 valence electrons. The van der Waals surface area contributed by atoms with Crippen molar-refractivity contribution in [3.05, 3.63) is 48.6 Å². The van der Waals surface area contributed by atoms with Gasteiger partial charge in [0.25, 0.3) is 5.91 Å². The van der Waals surface area contributed by atoms with Crippen molar-refractivity contribution >= 4 is 5.91 Å². The van der Waals surface area contributed by atoms with Crippen LogP contribution in [0.1, 0.15) is 49.4 Å². The lowest BCUT2D eigenvalue weighted by Crippen LogP contribution is -2.50. The Morgan fingerprint density at radius 3 is 2.52 bits per heavy atom. The Labute approximate surface area is 127 Å². The van der Waals surface area contributed by atoms with Gasteiger partial charge in [0.05, 0.1) is 0 Å². The lowest BCUT2D eigenvalue weighted by Gasteiger charge is -2.34. The number of carbonyl (C=O) groups is 1. The highest BCUT2D eigenvalue weighted by Crippen LogP contribution is 2.29. The Morgan fingerprint density at radius 2 is 1.90 bits per heavy atom. The van der Waals surface area contributed by atoms with E-state index in [1.54, 1.807) is 0 Å². The van der Waals surface area contributed by atoms with E-state index in [9.17, 15) is 4.79 Å². The van der Waals surface area contributed by atoms with Gasteiger partial charge in [0.1, 0.15) is 0 Å². The number of amides is 1. The van der Waals surface area contributed by atoms with Crippen LogP contribution >= 0.6 is 0 Å². The number of rotatable bonds is 6. The van der Waals surface area contributed by atoms with Crippen LogP contribution in [-0.2, 0) is 0 Å². The molecule has 2 rings (SSSR count). The Kier molecular flexibility index (Phi) is 6.00. The number of hydrogen-bond donors (Lipinski definition) is 2. The molecule has 1 saturated carbocycles. The first kappa shape index (κ1) is 15.8. The molecule has 1 aliphatic carbocycles. The SMILES string of the molecule is C=CC(C)C(NNC(=O)c1ccccc1)C1CCCCC1. The molecule has 3 heteroatoms. The third-order valence-corrected chi connectivity index (χ3v) is 4.48. The Bertz CT molecular complexity index is 452. The molecule has 1 aliphatic rings. The van der Waals surface area contributed by atoms with E-state index in [1.165, 1.54) is 32.1 Å². The monoisotopic (exact) mass is 286 g/mol. The quantitative estimate of drug-likeness (QED) is 0.618. The Morgan fingerprint density at radius 1 is 1.24 bits per heavy atom. The second kappa shape index (κ2) is 7.99. The third kappa shape index (κ3) is 4.43. The molecule has 1 fully saturated rings. The lowest BCUT2D eigenvalue weighted by molar-refractivity contribution is 0.0903. The first-order valence-electron chi connectivity index (χ1n) is 7.96. The summed E-state index contributed by atoms with van der Waals surface area (Å²) in [5.74, 6) is 0.875. The molecule has 0 heterocycles. The largest absolute Gasteiger partial charge is 0.287 e. The van der Waals surface area contributed by atoms with Crippen molar-refractivity contribution in [1.82, 2.24) is 10.9 Å². The summed E-state index contributed by atoms with van der Waals surface area (Å²) >= 11 is 0. The van der Waals surface area contributed by atoms with Crippen LogP contribution in [0.4, 0.5) is 0 Å². The maximum atomic E-state index is 12.1. The highest BCUT2D eigenvalue weighted by atomic mass is 16.2. The van der Waals surface area contributed by atoms with Crippen molar-refractivity contribution in [3.63, 3.8) is 0 Å². The zero-order valence-electron chi connectivity index (χ0n) is 12.8. The molecule has 0 aromatic heterocycles. The van der Waals surface area contributed by atoms with E-state index in [-0.39, 0.29) is 11.9 Å². The van der Waals surface area contributed by atoms with Gasteiger partial charge in [0.2, 0.25) is 0 Å². The Balaban J connectivity index is 1.95. The van der Waals surface area contributed by atoms with Crippen LogP contribution in [0.15, 0.2) is 43.0 Å². The topological polar surface area (TPSA) is 41.1 Å².